The van der Waals surface area contributed by atoms with Crippen molar-refractivity contribution >= 4 is 11.8 Å². The number of carboxylic acid groups (broad SMARTS) is 1. The van der Waals surface area contributed by atoms with E-state index in [0.29, 0.717) is 18.5 Å². The summed E-state index contributed by atoms with van der Waals surface area (Å²) in [5.41, 5.74) is 8.68. The molecule has 0 atom stereocenters. The van der Waals surface area contributed by atoms with Crippen LogP contribution in [0.5, 0.6) is 0 Å². The number of hydrogen-bond acceptors (Lipinski definition) is 5. The Labute approximate surface area is 147 Å². The summed E-state index contributed by atoms with van der Waals surface area (Å²) in [6.07, 6.45) is 8.30. The predicted molar refractivity (Wildman–Crippen MR) is 97.3 cm³/mol. The molecule has 0 amide bonds. The zero-order valence-corrected chi connectivity index (χ0v) is 14.2. The molecule has 132 valence electrons. The van der Waals surface area contributed by atoms with E-state index in [-0.39, 0.29) is 6.42 Å². The van der Waals surface area contributed by atoms with Crippen LogP contribution >= 0.6 is 0 Å². The third kappa shape index (κ3) is 5.00. The van der Waals surface area contributed by atoms with Crippen LogP contribution < -0.4 is 11.1 Å². The highest BCUT2D eigenvalue weighted by atomic mass is 16.4. The first-order valence-corrected chi connectivity index (χ1v) is 8.75. The minimum atomic E-state index is -0.788. The van der Waals surface area contributed by atoms with Gasteiger partial charge in [0.1, 0.15) is 5.82 Å². The Balaban J connectivity index is 1.70. The summed E-state index contributed by atoms with van der Waals surface area (Å²) in [6.45, 7) is 0. The Morgan fingerprint density at radius 1 is 1.24 bits per heavy atom. The van der Waals surface area contributed by atoms with Crippen molar-refractivity contribution in [1.29, 1.82) is 0 Å². The monoisotopic (exact) mass is 340 g/mol. The first-order valence-electron chi connectivity index (χ1n) is 8.75. The Kier molecular flexibility index (Phi) is 5.60. The molecule has 1 aromatic heterocycles. The Bertz CT molecular complexity index is 727. The molecule has 2 aromatic rings. The summed E-state index contributed by atoms with van der Waals surface area (Å²) in [5.74, 6) is -0.0162. The molecule has 6 nitrogen and oxygen atoms in total. The fraction of sp³-hybridized carbons (Fsp3) is 0.421. The number of nitrogens with one attached hydrogen (secondary N) is 1. The van der Waals surface area contributed by atoms with Crippen molar-refractivity contribution in [3.8, 4) is 11.3 Å². The van der Waals surface area contributed by atoms with Crippen molar-refractivity contribution in [2.45, 2.75) is 50.6 Å². The van der Waals surface area contributed by atoms with Gasteiger partial charge in [-0.3, -0.25) is 9.78 Å². The minimum Gasteiger partial charge on any atom is -0.481 e. The lowest BCUT2D eigenvalue weighted by atomic mass is 9.92. The van der Waals surface area contributed by atoms with Gasteiger partial charge in [0.25, 0.3) is 0 Å². The molecule has 1 aliphatic carbocycles. The van der Waals surface area contributed by atoms with Crippen LogP contribution in [0.4, 0.5) is 5.82 Å². The average Bonchev–Trinajstić information content (AvgIpc) is 2.62. The molecule has 0 saturated heterocycles. The molecule has 1 heterocycles. The topological polar surface area (TPSA) is 101 Å². The smallest absolute Gasteiger partial charge is 0.303 e. The summed E-state index contributed by atoms with van der Waals surface area (Å²) in [6, 6.07) is 8.54. The molecule has 1 aliphatic rings. The second-order valence-corrected chi connectivity index (χ2v) is 6.64. The van der Waals surface area contributed by atoms with Crippen LogP contribution in [0.25, 0.3) is 11.3 Å². The number of anilines is 1. The molecule has 1 aromatic carbocycles. The first kappa shape index (κ1) is 17.4. The maximum absolute atomic E-state index is 10.7. The van der Waals surface area contributed by atoms with Crippen LogP contribution in [-0.4, -0.2) is 33.1 Å². The van der Waals surface area contributed by atoms with E-state index in [1.54, 1.807) is 12.4 Å². The van der Waals surface area contributed by atoms with Crippen molar-refractivity contribution in [3.63, 3.8) is 0 Å². The Hall–Kier alpha value is -2.47. The van der Waals surface area contributed by atoms with Crippen LogP contribution in [0.1, 0.15) is 37.7 Å². The molecule has 3 rings (SSSR count). The number of aromatic nitrogens is 2. The molecule has 1 saturated carbocycles. The van der Waals surface area contributed by atoms with E-state index >= 15 is 0 Å². The van der Waals surface area contributed by atoms with Gasteiger partial charge in [-0.05, 0) is 43.7 Å². The van der Waals surface area contributed by atoms with Crippen LogP contribution in [0, 0.1) is 0 Å². The average molecular weight is 340 g/mol. The molecular weight excluding hydrogens is 316 g/mol. The van der Waals surface area contributed by atoms with Crippen LogP contribution in [0.2, 0.25) is 0 Å². The second-order valence-electron chi connectivity index (χ2n) is 6.64. The predicted octanol–water partition coefficient (Wildman–Crippen LogP) is 2.84. The highest BCUT2D eigenvalue weighted by Crippen LogP contribution is 2.23. The van der Waals surface area contributed by atoms with Gasteiger partial charge >= 0.3 is 5.97 Å². The zero-order valence-electron chi connectivity index (χ0n) is 14.2. The van der Waals surface area contributed by atoms with E-state index in [1.165, 1.54) is 0 Å². The number of nitrogens with two attached hydrogens (primary N) is 1. The normalized spacial score (nSPS) is 20.2. The lowest BCUT2D eigenvalue weighted by Gasteiger charge is -2.27. The van der Waals surface area contributed by atoms with Gasteiger partial charge in [0, 0.05) is 24.1 Å². The Morgan fingerprint density at radius 2 is 2.04 bits per heavy atom. The van der Waals surface area contributed by atoms with Crippen molar-refractivity contribution in [3.05, 3.63) is 42.2 Å². The van der Waals surface area contributed by atoms with Crippen molar-refractivity contribution in [2.75, 3.05) is 5.32 Å². The lowest BCUT2D eigenvalue weighted by molar-refractivity contribution is -0.136. The fourth-order valence-electron chi connectivity index (χ4n) is 3.18. The third-order valence-electron chi connectivity index (χ3n) is 4.61. The van der Waals surface area contributed by atoms with Gasteiger partial charge in [0.15, 0.2) is 0 Å². The van der Waals surface area contributed by atoms with E-state index in [2.05, 4.69) is 15.3 Å². The largest absolute Gasteiger partial charge is 0.481 e. The molecule has 1 fully saturated rings. The van der Waals surface area contributed by atoms with Crippen LogP contribution in [0.15, 0.2) is 36.7 Å². The van der Waals surface area contributed by atoms with E-state index in [4.69, 9.17) is 10.8 Å². The highest BCUT2D eigenvalue weighted by Gasteiger charge is 2.18. The van der Waals surface area contributed by atoms with Gasteiger partial charge in [0.05, 0.1) is 18.1 Å². The van der Waals surface area contributed by atoms with Crippen molar-refractivity contribution in [2.24, 2.45) is 5.73 Å². The molecule has 0 bridgehead atoms. The quantitative estimate of drug-likeness (QED) is 0.747. The number of carboxylic acids is 1. The molecule has 6 heteroatoms. The number of carbonyl (C=O) groups is 1. The summed E-state index contributed by atoms with van der Waals surface area (Å²) >= 11 is 0. The summed E-state index contributed by atoms with van der Waals surface area (Å²) in [7, 11) is 0. The van der Waals surface area contributed by atoms with E-state index in [1.807, 2.05) is 24.3 Å². The number of aryl methyl sites for hydroxylation is 1. The number of hydrogen-bond donors (Lipinski definition) is 3. The van der Waals surface area contributed by atoms with E-state index in [9.17, 15) is 4.79 Å². The zero-order chi connectivity index (χ0) is 17.6. The SMILES string of the molecule is N[C@H]1CC[C@H](Nc2cncc(-c3cccc(CCC(=O)O)c3)n2)CC1. The summed E-state index contributed by atoms with van der Waals surface area (Å²) in [4.78, 5) is 19.7. The van der Waals surface area contributed by atoms with Gasteiger partial charge in [0.2, 0.25) is 0 Å². The maximum Gasteiger partial charge on any atom is 0.303 e. The number of benzene rings is 1. The van der Waals surface area contributed by atoms with Crippen molar-refractivity contribution in [1.82, 2.24) is 9.97 Å². The van der Waals surface area contributed by atoms with E-state index < -0.39 is 5.97 Å². The summed E-state index contributed by atoms with van der Waals surface area (Å²) < 4.78 is 0. The standard InChI is InChI=1S/C19H24N4O2/c20-15-5-7-16(8-6-15)22-18-12-21-11-17(23-18)14-3-1-2-13(10-14)4-9-19(24)25/h1-3,10-12,15-16H,4-9,20H2,(H,22,23)(H,24,25)/t15-,16-. The second kappa shape index (κ2) is 8.07. The van der Waals surface area contributed by atoms with Gasteiger partial charge in [-0.15, -0.1) is 0 Å². The fourth-order valence-corrected chi connectivity index (χ4v) is 3.18. The molecule has 0 radical (unpaired) electrons. The van der Waals surface area contributed by atoms with Crippen LogP contribution in [-0.2, 0) is 11.2 Å². The molecule has 0 aliphatic heterocycles. The van der Waals surface area contributed by atoms with Crippen LogP contribution in [0.3, 0.4) is 0 Å². The van der Waals surface area contributed by atoms with Gasteiger partial charge in [-0.2, -0.15) is 0 Å². The number of rotatable bonds is 6. The maximum atomic E-state index is 10.7. The van der Waals surface area contributed by atoms with Crippen molar-refractivity contribution < 1.29 is 9.90 Å². The van der Waals surface area contributed by atoms with Gasteiger partial charge < -0.3 is 16.2 Å². The minimum absolute atomic E-state index is 0.126. The lowest BCUT2D eigenvalue weighted by Crippen LogP contribution is -2.33. The first-order chi connectivity index (χ1) is 12.1. The Morgan fingerprint density at radius 3 is 2.80 bits per heavy atom. The van der Waals surface area contributed by atoms with E-state index in [0.717, 1.165) is 48.3 Å². The van der Waals surface area contributed by atoms with Gasteiger partial charge in [-0.25, -0.2) is 4.98 Å². The molecule has 0 unspecified atom stereocenters. The third-order valence-corrected chi connectivity index (χ3v) is 4.61. The number of nitrogens with zero attached hydrogens (tertiary/aromatic N) is 2. The number of aliphatic carboxylic acids is 1. The highest BCUT2D eigenvalue weighted by molar-refractivity contribution is 5.67. The summed E-state index contributed by atoms with van der Waals surface area (Å²) in [5, 5.41) is 12.3. The van der Waals surface area contributed by atoms with Gasteiger partial charge in [-0.1, -0.05) is 18.2 Å². The molecule has 0 spiro atoms. The molecule has 4 N–H and O–H groups in total. The molecule has 25 heavy (non-hydrogen) atoms. The molecular formula is C19H24N4O2.